The summed E-state index contributed by atoms with van der Waals surface area (Å²) in [4.78, 5) is 13.9. The summed E-state index contributed by atoms with van der Waals surface area (Å²) in [6.07, 6.45) is -1.68. The Morgan fingerprint density at radius 3 is 2.71 bits per heavy atom. The number of hydrogen-bond acceptors (Lipinski definition) is 3. The smallest absolute Gasteiger partial charge is 0.354 e. The first-order chi connectivity index (χ1) is 6.56. The SMILES string of the molecule is NCc1cnc(C(=O)O)cc1C(F)F. The predicted molar refractivity (Wildman–Crippen MR) is 44.0 cm³/mol. The monoisotopic (exact) mass is 202 g/mol. The zero-order valence-corrected chi connectivity index (χ0v) is 7.08. The van der Waals surface area contributed by atoms with Crippen molar-refractivity contribution in [1.29, 1.82) is 0 Å². The van der Waals surface area contributed by atoms with Crippen molar-refractivity contribution in [3.05, 3.63) is 29.1 Å². The van der Waals surface area contributed by atoms with E-state index in [1.54, 1.807) is 0 Å². The number of rotatable bonds is 3. The van der Waals surface area contributed by atoms with Gasteiger partial charge < -0.3 is 10.8 Å². The zero-order chi connectivity index (χ0) is 10.7. The highest BCUT2D eigenvalue weighted by molar-refractivity contribution is 5.85. The maximum Gasteiger partial charge on any atom is 0.354 e. The molecule has 3 N–H and O–H groups in total. The topological polar surface area (TPSA) is 76.2 Å². The van der Waals surface area contributed by atoms with Crippen LogP contribution in [0.25, 0.3) is 0 Å². The maximum atomic E-state index is 12.4. The molecule has 1 aromatic rings. The third kappa shape index (κ3) is 2.02. The van der Waals surface area contributed by atoms with Crippen molar-refractivity contribution in [3.63, 3.8) is 0 Å². The Morgan fingerprint density at radius 2 is 2.29 bits per heavy atom. The number of nitrogens with zero attached hydrogens (tertiary/aromatic N) is 1. The normalized spacial score (nSPS) is 10.6. The minimum atomic E-state index is -2.74. The highest BCUT2D eigenvalue weighted by atomic mass is 19.3. The molecule has 0 spiro atoms. The Bertz CT molecular complexity index is 355. The first kappa shape index (κ1) is 10.5. The van der Waals surface area contributed by atoms with Gasteiger partial charge in [0.25, 0.3) is 6.43 Å². The Labute approximate surface area is 78.4 Å². The van der Waals surface area contributed by atoms with Gasteiger partial charge in [-0.05, 0) is 11.6 Å². The largest absolute Gasteiger partial charge is 0.477 e. The molecular weight excluding hydrogens is 194 g/mol. The van der Waals surface area contributed by atoms with Gasteiger partial charge >= 0.3 is 5.97 Å². The average Bonchev–Trinajstić information content (AvgIpc) is 2.16. The molecule has 0 aliphatic carbocycles. The van der Waals surface area contributed by atoms with E-state index < -0.39 is 18.1 Å². The molecule has 76 valence electrons. The molecular formula is C8H8F2N2O2. The molecule has 0 atom stereocenters. The molecule has 0 amide bonds. The van der Waals surface area contributed by atoms with Gasteiger partial charge in [0.1, 0.15) is 5.69 Å². The van der Waals surface area contributed by atoms with Crippen molar-refractivity contribution in [2.24, 2.45) is 5.73 Å². The van der Waals surface area contributed by atoms with Gasteiger partial charge in [-0.1, -0.05) is 0 Å². The molecule has 0 fully saturated rings. The minimum Gasteiger partial charge on any atom is -0.477 e. The van der Waals surface area contributed by atoms with Gasteiger partial charge in [-0.2, -0.15) is 0 Å². The molecule has 14 heavy (non-hydrogen) atoms. The van der Waals surface area contributed by atoms with Crippen LogP contribution in [-0.4, -0.2) is 16.1 Å². The van der Waals surface area contributed by atoms with Crippen LogP contribution < -0.4 is 5.73 Å². The van der Waals surface area contributed by atoms with Gasteiger partial charge in [-0.25, -0.2) is 18.6 Å². The van der Waals surface area contributed by atoms with Gasteiger partial charge in [0.05, 0.1) is 0 Å². The zero-order valence-electron chi connectivity index (χ0n) is 7.08. The number of aromatic nitrogens is 1. The van der Waals surface area contributed by atoms with Crippen LogP contribution in [0.2, 0.25) is 0 Å². The van der Waals surface area contributed by atoms with Gasteiger partial charge in [-0.15, -0.1) is 0 Å². The van der Waals surface area contributed by atoms with E-state index in [2.05, 4.69) is 4.98 Å². The number of carbonyl (C=O) groups is 1. The Kier molecular flexibility index (Phi) is 3.08. The average molecular weight is 202 g/mol. The number of halogens is 2. The summed E-state index contributed by atoms with van der Waals surface area (Å²) in [5, 5.41) is 8.52. The van der Waals surface area contributed by atoms with Crippen molar-refractivity contribution in [2.45, 2.75) is 13.0 Å². The molecule has 0 saturated carbocycles. The quantitative estimate of drug-likeness (QED) is 0.771. The van der Waals surface area contributed by atoms with E-state index >= 15 is 0 Å². The third-order valence-corrected chi connectivity index (χ3v) is 1.70. The van der Waals surface area contributed by atoms with Crippen molar-refractivity contribution in [2.75, 3.05) is 0 Å². The van der Waals surface area contributed by atoms with E-state index in [9.17, 15) is 13.6 Å². The number of hydrogen-bond donors (Lipinski definition) is 2. The van der Waals surface area contributed by atoms with Crippen LogP contribution in [0, 0.1) is 0 Å². The van der Waals surface area contributed by atoms with Crippen molar-refractivity contribution in [1.82, 2.24) is 4.98 Å². The number of nitrogens with two attached hydrogens (primary N) is 1. The van der Waals surface area contributed by atoms with Crippen molar-refractivity contribution < 1.29 is 18.7 Å². The summed E-state index contributed by atoms with van der Waals surface area (Å²) >= 11 is 0. The number of carboxylic acid groups (broad SMARTS) is 1. The molecule has 1 aromatic heterocycles. The maximum absolute atomic E-state index is 12.4. The van der Waals surface area contributed by atoms with E-state index in [1.807, 2.05) is 0 Å². The summed E-state index contributed by atoms with van der Waals surface area (Å²) < 4.78 is 24.8. The lowest BCUT2D eigenvalue weighted by molar-refractivity contribution is 0.0690. The Morgan fingerprint density at radius 1 is 1.64 bits per heavy atom. The lowest BCUT2D eigenvalue weighted by atomic mass is 10.1. The van der Waals surface area contributed by atoms with Crippen LogP contribution in [0.1, 0.15) is 28.0 Å². The van der Waals surface area contributed by atoms with Crippen LogP contribution in [0.3, 0.4) is 0 Å². The molecule has 0 unspecified atom stereocenters. The van der Waals surface area contributed by atoms with E-state index in [4.69, 9.17) is 10.8 Å². The fourth-order valence-corrected chi connectivity index (χ4v) is 0.990. The Hall–Kier alpha value is -1.56. The fourth-order valence-electron chi connectivity index (χ4n) is 0.990. The highest BCUT2D eigenvalue weighted by Crippen LogP contribution is 2.22. The van der Waals surface area contributed by atoms with Crippen LogP contribution >= 0.6 is 0 Å². The second-order valence-electron chi connectivity index (χ2n) is 2.58. The van der Waals surface area contributed by atoms with Gasteiger partial charge in [-0.3, -0.25) is 0 Å². The lowest BCUT2D eigenvalue weighted by Crippen LogP contribution is -2.07. The summed E-state index contributed by atoms with van der Waals surface area (Å²) in [7, 11) is 0. The molecule has 1 heterocycles. The van der Waals surface area contributed by atoms with Crippen molar-refractivity contribution in [3.8, 4) is 0 Å². The lowest BCUT2D eigenvalue weighted by Gasteiger charge is -2.06. The second-order valence-corrected chi connectivity index (χ2v) is 2.58. The Balaban J connectivity index is 3.20. The van der Waals surface area contributed by atoms with E-state index in [1.165, 1.54) is 0 Å². The standard InChI is InChI=1S/C8H8F2N2O2/c9-7(10)5-1-6(8(13)14)12-3-4(5)2-11/h1,3,7H,2,11H2,(H,13,14). The molecule has 0 aliphatic heterocycles. The van der Waals surface area contributed by atoms with Gasteiger partial charge in [0.2, 0.25) is 0 Å². The molecule has 0 radical (unpaired) electrons. The summed E-state index contributed by atoms with van der Waals surface area (Å²) in [5.74, 6) is -1.34. The molecule has 0 aromatic carbocycles. The molecule has 1 rings (SSSR count). The van der Waals surface area contributed by atoms with Crippen LogP contribution in [0.15, 0.2) is 12.3 Å². The molecule has 0 saturated heterocycles. The van der Waals surface area contributed by atoms with Gasteiger partial charge in [0.15, 0.2) is 0 Å². The van der Waals surface area contributed by atoms with E-state index in [0.29, 0.717) is 0 Å². The predicted octanol–water partition coefficient (Wildman–Crippen LogP) is 1.18. The van der Waals surface area contributed by atoms with Crippen LogP contribution in [0.5, 0.6) is 0 Å². The van der Waals surface area contributed by atoms with Gasteiger partial charge in [0, 0.05) is 18.3 Å². The van der Waals surface area contributed by atoms with Crippen LogP contribution in [-0.2, 0) is 6.54 Å². The molecule has 0 aliphatic rings. The number of pyridine rings is 1. The van der Waals surface area contributed by atoms with E-state index in [-0.39, 0.29) is 17.7 Å². The summed E-state index contributed by atoms with van der Waals surface area (Å²) in [6, 6.07) is 0.842. The fraction of sp³-hybridized carbons (Fsp3) is 0.250. The van der Waals surface area contributed by atoms with Crippen LogP contribution in [0.4, 0.5) is 8.78 Å². The molecule has 4 nitrogen and oxygen atoms in total. The van der Waals surface area contributed by atoms with Crippen molar-refractivity contribution >= 4 is 5.97 Å². The molecule has 6 heteroatoms. The number of aromatic carboxylic acids is 1. The van der Waals surface area contributed by atoms with E-state index in [0.717, 1.165) is 12.3 Å². The molecule has 0 bridgehead atoms. The summed E-state index contributed by atoms with van der Waals surface area (Å²) in [5.41, 5.74) is 4.57. The minimum absolute atomic E-state index is 0.0907. The number of alkyl halides is 2. The second kappa shape index (κ2) is 4.10. The first-order valence-corrected chi connectivity index (χ1v) is 3.76. The first-order valence-electron chi connectivity index (χ1n) is 3.76. The highest BCUT2D eigenvalue weighted by Gasteiger charge is 2.15. The summed E-state index contributed by atoms with van der Waals surface area (Å²) in [6.45, 7) is -0.0907. The number of carboxylic acids is 1. The third-order valence-electron chi connectivity index (χ3n) is 1.70.